The van der Waals surface area contributed by atoms with Gasteiger partial charge in [0.15, 0.2) is 0 Å². The van der Waals surface area contributed by atoms with Gasteiger partial charge in [0.25, 0.3) is 5.91 Å². The first-order valence-corrected chi connectivity index (χ1v) is 12.3. The lowest BCUT2D eigenvalue weighted by Gasteiger charge is -2.37. The van der Waals surface area contributed by atoms with Crippen LogP contribution < -0.4 is 10.2 Å². The molecule has 1 aliphatic rings. The number of amides is 1. The molecule has 6 nitrogen and oxygen atoms in total. The number of imidazole rings is 1. The van der Waals surface area contributed by atoms with E-state index in [0.29, 0.717) is 12.2 Å². The fourth-order valence-corrected chi connectivity index (χ4v) is 4.81. The number of aromatic nitrogens is 2. The van der Waals surface area contributed by atoms with Gasteiger partial charge < -0.3 is 14.8 Å². The van der Waals surface area contributed by atoms with Crippen LogP contribution in [0.2, 0.25) is 0 Å². The maximum absolute atomic E-state index is 12.8. The number of nitrogens with one attached hydrogen (secondary N) is 1. The van der Waals surface area contributed by atoms with Crippen molar-refractivity contribution < 1.29 is 4.79 Å². The number of carbonyl (C=O) groups excluding carboxylic acids is 1. The molecule has 4 rings (SSSR count). The fourth-order valence-electron chi connectivity index (χ4n) is 4.81. The van der Waals surface area contributed by atoms with E-state index in [0.717, 1.165) is 56.4 Å². The fraction of sp³-hybridized carbons (Fsp3) is 0.429. The summed E-state index contributed by atoms with van der Waals surface area (Å²) in [5.41, 5.74) is 7.74. The average molecular weight is 533 g/mol. The summed E-state index contributed by atoms with van der Waals surface area (Å²) in [5.74, 6) is 0.736. The third-order valence-electron chi connectivity index (χ3n) is 7.01. The van der Waals surface area contributed by atoms with Gasteiger partial charge in [0.2, 0.25) is 0 Å². The normalized spacial score (nSPS) is 13.6. The average Bonchev–Trinajstić information content (AvgIpc) is 3.13. The summed E-state index contributed by atoms with van der Waals surface area (Å²) in [6.45, 7) is 16.2. The molecule has 1 aromatic heterocycles. The predicted octanol–water partition coefficient (Wildman–Crippen LogP) is 5.20. The van der Waals surface area contributed by atoms with Crippen molar-refractivity contribution in [2.24, 2.45) is 0 Å². The summed E-state index contributed by atoms with van der Waals surface area (Å²) < 4.78 is 2.05. The number of hydrogen-bond donors (Lipinski definition) is 1. The molecule has 3 aromatic rings. The lowest BCUT2D eigenvalue weighted by molar-refractivity contribution is 0.0946. The van der Waals surface area contributed by atoms with Gasteiger partial charge in [-0.25, -0.2) is 4.98 Å². The topological polar surface area (TPSA) is 53.4 Å². The number of carbonyl (C=O) groups is 1. The molecule has 196 valence electrons. The molecule has 2 aromatic carbocycles. The van der Waals surface area contributed by atoms with E-state index >= 15 is 0 Å². The maximum Gasteiger partial charge on any atom is 0.271 e. The summed E-state index contributed by atoms with van der Waals surface area (Å²) in [6, 6.07) is 14.9. The highest BCUT2D eigenvalue weighted by Gasteiger charge is 2.20. The zero-order valence-electron chi connectivity index (χ0n) is 22.0. The Bertz CT molecular complexity index is 1150. The van der Waals surface area contributed by atoms with Crippen molar-refractivity contribution >= 4 is 36.4 Å². The highest BCUT2D eigenvalue weighted by Crippen LogP contribution is 2.24. The van der Waals surface area contributed by atoms with E-state index in [1.165, 1.54) is 22.4 Å². The van der Waals surface area contributed by atoms with E-state index in [1.807, 2.05) is 18.4 Å². The summed E-state index contributed by atoms with van der Waals surface area (Å²) in [5, 5.41) is 3.08. The Hall–Kier alpha value is -2.54. The molecule has 0 aliphatic carbocycles. The molecule has 0 unspecified atom stereocenters. The van der Waals surface area contributed by atoms with Crippen LogP contribution in [0.3, 0.4) is 0 Å². The number of nitrogens with zero attached hydrogens (tertiary/aromatic N) is 4. The van der Waals surface area contributed by atoms with Gasteiger partial charge in [-0.05, 0) is 76.9 Å². The molecule has 0 spiro atoms. The molecule has 1 amide bonds. The van der Waals surface area contributed by atoms with Gasteiger partial charge in [0.05, 0.1) is 5.69 Å². The number of halogens is 2. The van der Waals surface area contributed by atoms with E-state index in [9.17, 15) is 4.79 Å². The van der Waals surface area contributed by atoms with Crippen LogP contribution in [0, 0.1) is 34.6 Å². The number of rotatable bonds is 7. The molecule has 0 saturated carbocycles. The third kappa shape index (κ3) is 6.61. The van der Waals surface area contributed by atoms with Crippen LogP contribution in [0.25, 0.3) is 5.69 Å². The van der Waals surface area contributed by atoms with Gasteiger partial charge in [0, 0.05) is 44.1 Å². The Morgan fingerprint density at radius 2 is 1.58 bits per heavy atom. The minimum atomic E-state index is -0.0915. The van der Waals surface area contributed by atoms with Crippen LogP contribution in [-0.2, 0) is 0 Å². The number of benzene rings is 2. The van der Waals surface area contributed by atoms with Gasteiger partial charge in [-0.15, -0.1) is 24.8 Å². The molecular weight excluding hydrogens is 493 g/mol. The van der Waals surface area contributed by atoms with Crippen molar-refractivity contribution in [2.75, 3.05) is 44.2 Å². The molecule has 2 heterocycles. The molecule has 36 heavy (non-hydrogen) atoms. The quantitative estimate of drug-likeness (QED) is 0.425. The lowest BCUT2D eigenvalue weighted by Crippen LogP contribution is -2.47. The lowest BCUT2D eigenvalue weighted by atomic mass is 10.1. The van der Waals surface area contributed by atoms with E-state index in [2.05, 4.69) is 83.3 Å². The van der Waals surface area contributed by atoms with E-state index in [-0.39, 0.29) is 30.7 Å². The molecule has 1 fully saturated rings. The molecule has 0 atom stereocenters. The Kier molecular flexibility index (Phi) is 10.8. The highest BCUT2D eigenvalue weighted by molar-refractivity contribution is 5.93. The second-order valence-corrected chi connectivity index (χ2v) is 9.42. The van der Waals surface area contributed by atoms with Gasteiger partial charge in [0.1, 0.15) is 11.5 Å². The van der Waals surface area contributed by atoms with Gasteiger partial charge in [-0.1, -0.05) is 29.8 Å². The largest absolute Gasteiger partial charge is 0.369 e. The predicted molar refractivity (Wildman–Crippen MR) is 154 cm³/mol. The molecule has 1 saturated heterocycles. The number of aryl methyl sites for hydroxylation is 3. The Labute approximate surface area is 227 Å². The zero-order valence-corrected chi connectivity index (χ0v) is 23.6. The standard InChI is InChI=1S/C28H37N5O.2ClH/c1-20-10-12-25(13-11-20)33-23(4)27(30-24(33)5)28(34)29-14-7-15-31-16-18-32(19-17-31)26-9-6-8-21(2)22(26)3;;/h6,8-13H,7,14-19H2,1-5H3,(H,29,34);2*1H. The highest BCUT2D eigenvalue weighted by atomic mass is 35.5. The summed E-state index contributed by atoms with van der Waals surface area (Å²) >= 11 is 0. The van der Waals surface area contributed by atoms with Crippen LogP contribution >= 0.6 is 24.8 Å². The third-order valence-corrected chi connectivity index (χ3v) is 7.01. The molecule has 1 aliphatic heterocycles. The second-order valence-electron chi connectivity index (χ2n) is 9.42. The van der Waals surface area contributed by atoms with Crippen molar-refractivity contribution in [3.05, 3.63) is 76.4 Å². The maximum atomic E-state index is 12.8. The van der Waals surface area contributed by atoms with E-state index in [1.54, 1.807) is 0 Å². The first kappa shape index (κ1) is 29.7. The van der Waals surface area contributed by atoms with Crippen molar-refractivity contribution in [1.82, 2.24) is 19.8 Å². The van der Waals surface area contributed by atoms with Crippen molar-refractivity contribution in [2.45, 2.75) is 41.0 Å². The van der Waals surface area contributed by atoms with Gasteiger partial charge in [-0.3, -0.25) is 9.69 Å². The number of anilines is 1. The smallest absolute Gasteiger partial charge is 0.271 e. The first-order valence-electron chi connectivity index (χ1n) is 12.3. The van der Waals surface area contributed by atoms with Crippen molar-refractivity contribution in [1.29, 1.82) is 0 Å². The molecule has 8 heteroatoms. The molecule has 1 N–H and O–H groups in total. The van der Waals surface area contributed by atoms with Crippen LogP contribution in [0.4, 0.5) is 5.69 Å². The first-order chi connectivity index (χ1) is 16.3. The minimum Gasteiger partial charge on any atom is -0.369 e. The number of piperazine rings is 1. The molecule has 0 bridgehead atoms. The van der Waals surface area contributed by atoms with Crippen LogP contribution in [0.1, 0.15) is 45.1 Å². The zero-order chi connectivity index (χ0) is 24.2. The van der Waals surface area contributed by atoms with E-state index < -0.39 is 0 Å². The Morgan fingerprint density at radius 1 is 0.917 bits per heavy atom. The van der Waals surface area contributed by atoms with Crippen molar-refractivity contribution in [3.8, 4) is 5.69 Å². The summed E-state index contributed by atoms with van der Waals surface area (Å²) in [7, 11) is 0. The second kappa shape index (κ2) is 13.1. The number of hydrogen-bond acceptors (Lipinski definition) is 4. The molecular formula is C28H39Cl2N5O. The van der Waals surface area contributed by atoms with Crippen molar-refractivity contribution in [3.63, 3.8) is 0 Å². The SMILES string of the molecule is Cc1ccc(-n2c(C)nc(C(=O)NCCCN3CCN(c4cccc(C)c4C)CC3)c2C)cc1.Cl.Cl. The summed E-state index contributed by atoms with van der Waals surface area (Å²) in [6.07, 6.45) is 0.936. The van der Waals surface area contributed by atoms with Gasteiger partial charge >= 0.3 is 0 Å². The minimum absolute atomic E-state index is 0. The molecule has 0 radical (unpaired) electrons. The Balaban J connectivity index is 0.00000228. The van der Waals surface area contributed by atoms with Crippen LogP contribution in [0.15, 0.2) is 42.5 Å². The van der Waals surface area contributed by atoms with Gasteiger partial charge in [-0.2, -0.15) is 0 Å². The van der Waals surface area contributed by atoms with Crippen LogP contribution in [-0.4, -0.2) is 59.6 Å². The monoisotopic (exact) mass is 531 g/mol. The van der Waals surface area contributed by atoms with E-state index in [4.69, 9.17) is 0 Å². The Morgan fingerprint density at radius 3 is 2.25 bits per heavy atom. The van der Waals surface area contributed by atoms with Crippen LogP contribution in [0.5, 0.6) is 0 Å². The summed E-state index contributed by atoms with van der Waals surface area (Å²) in [4.78, 5) is 22.4.